The van der Waals surface area contributed by atoms with Crippen LogP contribution in [0.3, 0.4) is 0 Å². The van der Waals surface area contributed by atoms with Crippen LogP contribution in [-0.2, 0) is 14.4 Å². The van der Waals surface area contributed by atoms with Gasteiger partial charge in [0.2, 0.25) is 11.7 Å². The fourth-order valence-electron chi connectivity index (χ4n) is 2.18. The Bertz CT molecular complexity index is 511. The van der Waals surface area contributed by atoms with Gasteiger partial charge >= 0.3 is 6.03 Å². The number of hydrogen-bond acceptors (Lipinski definition) is 4. The summed E-state index contributed by atoms with van der Waals surface area (Å²) >= 11 is 0. The molecule has 0 aromatic rings. The smallest absolute Gasteiger partial charge is 0.315 e. The average molecular weight is 340 g/mol. The summed E-state index contributed by atoms with van der Waals surface area (Å²) < 4.78 is 0. The summed E-state index contributed by atoms with van der Waals surface area (Å²) in [4.78, 5) is 47.5. The Morgan fingerprint density at radius 2 is 1.88 bits per heavy atom. The van der Waals surface area contributed by atoms with Crippen LogP contribution in [0.4, 0.5) is 4.79 Å². The van der Waals surface area contributed by atoms with E-state index < -0.39 is 35.7 Å². The van der Waals surface area contributed by atoms with Crippen LogP contribution in [0.25, 0.3) is 0 Å². The lowest BCUT2D eigenvalue weighted by Gasteiger charge is -2.27. The third-order valence-corrected chi connectivity index (χ3v) is 3.59. The van der Waals surface area contributed by atoms with Gasteiger partial charge in [-0.25, -0.2) is 4.79 Å². The molecule has 1 saturated heterocycles. The zero-order valence-electron chi connectivity index (χ0n) is 15.0. The van der Waals surface area contributed by atoms with Gasteiger partial charge < -0.3 is 21.3 Å². The first-order chi connectivity index (χ1) is 11.0. The molecule has 1 aliphatic rings. The molecule has 24 heavy (non-hydrogen) atoms. The molecule has 0 aliphatic carbocycles. The maximum absolute atomic E-state index is 12.4. The Morgan fingerprint density at radius 1 is 1.25 bits per heavy atom. The highest BCUT2D eigenvalue weighted by Gasteiger charge is 2.33. The van der Waals surface area contributed by atoms with Crippen molar-refractivity contribution in [2.45, 2.75) is 53.1 Å². The molecule has 0 bridgehead atoms. The molecule has 136 valence electrons. The van der Waals surface area contributed by atoms with Crippen LogP contribution >= 0.6 is 0 Å². The van der Waals surface area contributed by atoms with E-state index in [1.165, 1.54) is 0 Å². The van der Waals surface area contributed by atoms with E-state index >= 15 is 0 Å². The molecule has 8 heteroatoms. The van der Waals surface area contributed by atoms with E-state index in [0.717, 1.165) is 0 Å². The van der Waals surface area contributed by atoms with Crippen molar-refractivity contribution >= 4 is 23.6 Å². The van der Waals surface area contributed by atoms with Gasteiger partial charge in [0.05, 0.1) is 6.04 Å². The zero-order valence-corrected chi connectivity index (χ0v) is 15.0. The van der Waals surface area contributed by atoms with Crippen LogP contribution < -0.4 is 21.3 Å². The molecule has 4 amide bonds. The summed E-state index contributed by atoms with van der Waals surface area (Å²) in [7, 11) is 0. The standard InChI is InChI=1S/C16H28N4O4/c1-9(2)11(20-15(24)18-8-16(3,4)5)13(22)19-10-6-7-17-14(23)12(10)21/h9-11H,6-8H2,1-5H3,(H,17,23)(H,19,22)(H2,18,20,24). The van der Waals surface area contributed by atoms with Crippen molar-refractivity contribution in [3.63, 3.8) is 0 Å². The van der Waals surface area contributed by atoms with Crippen molar-refractivity contribution in [2.75, 3.05) is 13.1 Å². The number of Topliss-reactive ketones (excluding diaryl/α,β-unsaturated/α-hetero) is 1. The van der Waals surface area contributed by atoms with Gasteiger partial charge in [0.1, 0.15) is 6.04 Å². The number of carbonyl (C=O) groups is 4. The highest BCUT2D eigenvalue weighted by molar-refractivity contribution is 6.39. The number of piperidine rings is 1. The predicted octanol–water partition coefficient (Wildman–Crippen LogP) is -0.0699. The molecule has 4 N–H and O–H groups in total. The summed E-state index contributed by atoms with van der Waals surface area (Å²) in [5, 5.41) is 10.3. The molecule has 0 aromatic carbocycles. The van der Waals surface area contributed by atoms with Crippen molar-refractivity contribution < 1.29 is 19.2 Å². The molecule has 1 fully saturated rings. The second kappa shape index (κ2) is 8.12. The van der Waals surface area contributed by atoms with Crippen LogP contribution in [0.2, 0.25) is 0 Å². The van der Waals surface area contributed by atoms with E-state index in [-0.39, 0.29) is 11.3 Å². The minimum absolute atomic E-state index is 0.0746. The molecule has 0 aromatic heterocycles. The molecule has 0 saturated carbocycles. The van der Waals surface area contributed by atoms with Gasteiger partial charge in [-0.05, 0) is 17.8 Å². The number of ketones is 1. The van der Waals surface area contributed by atoms with Gasteiger partial charge in [0.25, 0.3) is 5.91 Å². The number of nitrogens with one attached hydrogen (secondary N) is 4. The van der Waals surface area contributed by atoms with Crippen LogP contribution in [0.15, 0.2) is 0 Å². The van der Waals surface area contributed by atoms with Gasteiger partial charge in [-0.3, -0.25) is 14.4 Å². The number of carbonyl (C=O) groups excluding carboxylic acids is 4. The van der Waals surface area contributed by atoms with E-state index in [4.69, 9.17) is 0 Å². The molecule has 2 atom stereocenters. The maximum Gasteiger partial charge on any atom is 0.315 e. The summed E-state index contributed by atoms with van der Waals surface area (Å²) in [6.45, 7) is 10.3. The monoisotopic (exact) mass is 340 g/mol. The topological polar surface area (TPSA) is 116 Å². The summed E-state index contributed by atoms with van der Waals surface area (Å²) in [6, 6.07) is -2.07. The Hall–Kier alpha value is -2.12. The molecule has 0 spiro atoms. The van der Waals surface area contributed by atoms with Gasteiger partial charge in [-0.1, -0.05) is 34.6 Å². The second-order valence-electron chi connectivity index (χ2n) is 7.58. The largest absolute Gasteiger partial charge is 0.349 e. The number of urea groups is 1. The van der Waals surface area contributed by atoms with Crippen LogP contribution in [0.5, 0.6) is 0 Å². The zero-order chi connectivity index (χ0) is 18.5. The van der Waals surface area contributed by atoms with Crippen LogP contribution in [0, 0.1) is 11.3 Å². The van der Waals surface area contributed by atoms with E-state index in [1.54, 1.807) is 13.8 Å². The van der Waals surface area contributed by atoms with Gasteiger partial charge in [0, 0.05) is 13.1 Å². The molecule has 1 aliphatic heterocycles. The minimum Gasteiger partial charge on any atom is -0.349 e. The Labute approximate surface area is 142 Å². The summed E-state index contributed by atoms with van der Waals surface area (Å²) in [5.74, 6) is -1.99. The molecule has 2 unspecified atom stereocenters. The first-order valence-electron chi connectivity index (χ1n) is 8.18. The van der Waals surface area contributed by atoms with Crippen molar-refractivity contribution in [1.82, 2.24) is 21.3 Å². The quantitative estimate of drug-likeness (QED) is 0.524. The van der Waals surface area contributed by atoms with Crippen molar-refractivity contribution in [3.8, 4) is 0 Å². The van der Waals surface area contributed by atoms with E-state index in [1.807, 2.05) is 20.8 Å². The normalized spacial score (nSPS) is 19.5. The highest BCUT2D eigenvalue weighted by Crippen LogP contribution is 2.10. The van der Waals surface area contributed by atoms with Crippen LogP contribution in [-0.4, -0.2) is 48.8 Å². The molecule has 1 heterocycles. The average Bonchev–Trinajstić information content (AvgIpc) is 2.46. The second-order valence-corrected chi connectivity index (χ2v) is 7.58. The molecule has 1 rings (SSSR count). The third kappa shape index (κ3) is 6.17. The van der Waals surface area contributed by atoms with Gasteiger partial charge in [0.15, 0.2) is 0 Å². The number of hydrogen-bond donors (Lipinski definition) is 4. The first-order valence-corrected chi connectivity index (χ1v) is 8.18. The fraction of sp³-hybridized carbons (Fsp3) is 0.750. The van der Waals surface area contributed by atoms with E-state index in [0.29, 0.717) is 19.5 Å². The van der Waals surface area contributed by atoms with Crippen molar-refractivity contribution in [3.05, 3.63) is 0 Å². The maximum atomic E-state index is 12.4. The molecular formula is C16H28N4O4. The van der Waals surface area contributed by atoms with E-state index in [2.05, 4.69) is 21.3 Å². The molecular weight excluding hydrogens is 312 g/mol. The summed E-state index contributed by atoms with van der Waals surface area (Å²) in [5.41, 5.74) is -0.0746. The van der Waals surface area contributed by atoms with Gasteiger partial charge in [-0.15, -0.1) is 0 Å². The van der Waals surface area contributed by atoms with Crippen molar-refractivity contribution in [1.29, 1.82) is 0 Å². The van der Waals surface area contributed by atoms with Crippen molar-refractivity contribution in [2.24, 2.45) is 11.3 Å². The van der Waals surface area contributed by atoms with Crippen LogP contribution in [0.1, 0.15) is 41.0 Å². The Balaban J connectivity index is 2.63. The lowest BCUT2D eigenvalue weighted by atomic mass is 9.97. The first kappa shape index (κ1) is 19.9. The SMILES string of the molecule is CC(C)C(NC(=O)NCC(C)(C)C)C(=O)NC1CCNC(=O)C1=O. The Morgan fingerprint density at radius 3 is 2.42 bits per heavy atom. The third-order valence-electron chi connectivity index (χ3n) is 3.59. The summed E-state index contributed by atoms with van der Waals surface area (Å²) in [6.07, 6.45) is 0.345. The highest BCUT2D eigenvalue weighted by atomic mass is 16.2. The number of amides is 4. The van der Waals surface area contributed by atoms with E-state index in [9.17, 15) is 19.2 Å². The predicted molar refractivity (Wildman–Crippen MR) is 89.2 cm³/mol. The Kier molecular flexibility index (Phi) is 6.74. The number of rotatable bonds is 5. The fourth-order valence-corrected chi connectivity index (χ4v) is 2.18. The lowest BCUT2D eigenvalue weighted by Crippen LogP contribution is -2.59. The molecule has 8 nitrogen and oxygen atoms in total. The molecule has 0 radical (unpaired) electrons. The van der Waals surface area contributed by atoms with Gasteiger partial charge in [-0.2, -0.15) is 0 Å². The minimum atomic E-state index is -0.841. The lowest BCUT2D eigenvalue weighted by molar-refractivity contribution is -0.142.